The number of furan rings is 1. The minimum atomic E-state index is -0.279. The number of carbonyl (C=O) groups is 1. The highest BCUT2D eigenvalue weighted by atomic mass is 19.1. The second-order valence-electron chi connectivity index (χ2n) is 7.87. The fourth-order valence-electron chi connectivity index (χ4n) is 4.12. The molecule has 4 aromatic rings. The van der Waals surface area contributed by atoms with Crippen LogP contribution in [0.2, 0.25) is 0 Å². The average Bonchev–Trinajstić information content (AvgIpc) is 3.39. The number of amides is 1. The van der Waals surface area contributed by atoms with Crippen molar-refractivity contribution < 1.29 is 13.6 Å². The quantitative estimate of drug-likeness (QED) is 0.508. The number of benzene rings is 1. The largest absolute Gasteiger partial charge is 0.469 e. The minimum Gasteiger partial charge on any atom is -0.469 e. The Hall–Kier alpha value is -3.52. The van der Waals surface area contributed by atoms with Crippen molar-refractivity contribution in [2.45, 2.75) is 13.0 Å². The van der Waals surface area contributed by atoms with Crippen molar-refractivity contribution >= 4 is 11.4 Å². The Morgan fingerprint density at radius 3 is 2.81 bits per heavy atom. The van der Waals surface area contributed by atoms with E-state index in [0.29, 0.717) is 24.4 Å². The van der Waals surface area contributed by atoms with Gasteiger partial charge in [-0.1, -0.05) is 23.4 Å². The van der Waals surface area contributed by atoms with E-state index in [1.807, 2.05) is 36.3 Å². The van der Waals surface area contributed by atoms with Crippen molar-refractivity contribution in [3.05, 3.63) is 77.8 Å². The molecule has 158 valence electrons. The van der Waals surface area contributed by atoms with Gasteiger partial charge in [0.05, 0.1) is 23.4 Å². The van der Waals surface area contributed by atoms with E-state index in [2.05, 4.69) is 15.2 Å². The first kappa shape index (κ1) is 19.4. The second kappa shape index (κ2) is 7.63. The summed E-state index contributed by atoms with van der Waals surface area (Å²) in [4.78, 5) is 17.0. The molecule has 4 heterocycles. The highest BCUT2D eigenvalue weighted by Gasteiger charge is 2.32. The summed E-state index contributed by atoms with van der Waals surface area (Å²) in [6.07, 6.45) is 3.39. The van der Waals surface area contributed by atoms with E-state index in [-0.39, 0.29) is 17.8 Å². The topological polar surface area (TPSA) is 66.9 Å². The van der Waals surface area contributed by atoms with Gasteiger partial charge in [0.2, 0.25) is 0 Å². The molecule has 1 atom stereocenters. The molecule has 1 aliphatic heterocycles. The zero-order valence-corrected chi connectivity index (χ0v) is 17.3. The van der Waals surface area contributed by atoms with Crippen LogP contribution in [0.1, 0.15) is 27.9 Å². The molecular formula is C23H22FN5O2. The van der Waals surface area contributed by atoms with Gasteiger partial charge < -0.3 is 9.32 Å². The highest BCUT2D eigenvalue weighted by molar-refractivity contribution is 5.95. The summed E-state index contributed by atoms with van der Waals surface area (Å²) in [5.41, 5.74) is 3.91. The monoisotopic (exact) mass is 419 g/mol. The van der Waals surface area contributed by atoms with Crippen molar-refractivity contribution in [3.8, 4) is 11.1 Å². The van der Waals surface area contributed by atoms with Crippen molar-refractivity contribution in [1.82, 2.24) is 24.6 Å². The Labute approximate surface area is 178 Å². The molecule has 0 spiro atoms. The van der Waals surface area contributed by atoms with Crippen molar-refractivity contribution in [1.29, 1.82) is 0 Å². The summed E-state index contributed by atoms with van der Waals surface area (Å²) in [6, 6.07) is 12.0. The van der Waals surface area contributed by atoms with Gasteiger partial charge in [-0.3, -0.25) is 9.69 Å². The number of pyridine rings is 1. The maximum atomic E-state index is 13.6. The van der Waals surface area contributed by atoms with Crippen molar-refractivity contribution in [2.24, 2.45) is 0 Å². The Morgan fingerprint density at radius 2 is 2.03 bits per heavy atom. The summed E-state index contributed by atoms with van der Waals surface area (Å²) in [7, 11) is 2.03. The van der Waals surface area contributed by atoms with E-state index in [1.165, 1.54) is 12.1 Å². The van der Waals surface area contributed by atoms with Crippen LogP contribution in [0.3, 0.4) is 0 Å². The molecule has 0 N–H and O–H groups in total. The third kappa shape index (κ3) is 3.48. The third-order valence-electron chi connectivity index (χ3n) is 5.94. The van der Waals surface area contributed by atoms with E-state index in [4.69, 9.17) is 4.42 Å². The van der Waals surface area contributed by atoms with Gasteiger partial charge >= 0.3 is 0 Å². The number of carbonyl (C=O) groups excluding carboxylic acids is 1. The number of piperazine rings is 1. The molecule has 1 aliphatic rings. The van der Waals surface area contributed by atoms with E-state index >= 15 is 0 Å². The van der Waals surface area contributed by atoms with E-state index in [9.17, 15) is 9.18 Å². The molecule has 0 saturated carbocycles. The zero-order chi connectivity index (χ0) is 21.5. The maximum absolute atomic E-state index is 13.6. The Bertz CT molecular complexity index is 1260. The Morgan fingerprint density at radius 1 is 1.16 bits per heavy atom. The van der Waals surface area contributed by atoms with Gasteiger partial charge in [-0.15, -0.1) is 5.10 Å². The number of hydrogen-bond donors (Lipinski definition) is 0. The van der Waals surface area contributed by atoms with Crippen LogP contribution in [0.25, 0.3) is 16.6 Å². The van der Waals surface area contributed by atoms with E-state index < -0.39 is 0 Å². The first-order chi connectivity index (χ1) is 15.0. The number of halogens is 1. The highest BCUT2D eigenvalue weighted by Crippen LogP contribution is 2.29. The molecule has 0 aliphatic carbocycles. The van der Waals surface area contributed by atoms with Gasteiger partial charge in [-0.25, -0.2) is 8.91 Å². The third-order valence-corrected chi connectivity index (χ3v) is 5.94. The van der Waals surface area contributed by atoms with Gasteiger partial charge in [-0.05, 0) is 43.8 Å². The molecule has 1 aromatic carbocycles. The van der Waals surface area contributed by atoms with Gasteiger partial charge in [0.15, 0.2) is 0 Å². The molecule has 0 radical (unpaired) electrons. The van der Waals surface area contributed by atoms with E-state index in [1.54, 1.807) is 29.8 Å². The van der Waals surface area contributed by atoms with Crippen molar-refractivity contribution in [2.75, 3.05) is 26.7 Å². The maximum Gasteiger partial charge on any atom is 0.257 e. The molecule has 7 nitrogen and oxygen atoms in total. The zero-order valence-electron chi connectivity index (χ0n) is 17.3. The van der Waals surface area contributed by atoms with Gasteiger partial charge in [0.1, 0.15) is 17.3 Å². The number of fused-ring (bicyclic) bond motifs is 1. The predicted octanol–water partition coefficient (Wildman–Crippen LogP) is 3.57. The van der Waals surface area contributed by atoms with Crippen LogP contribution in [-0.2, 0) is 0 Å². The lowest BCUT2D eigenvalue weighted by molar-refractivity contribution is 0.0540. The second-order valence-corrected chi connectivity index (χ2v) is 7.87. The lowest BCUT2D eigenvalue weighted by Gasteiger charge is -2.38. The molecule has 1 saturated heterocycles. The predicted molar refractivity (Wildman–Crippen MR) is 113 cm³/mol. The standard InChI is InChI=1S/C23H22FN5O2/c1-15-19(8-11-31-15)23(30)28-10-9-27(2)21(14-28)22-20-7-6-17(13-29(20)26-25-22)16-4-3-5-18(24)12-16/h3-8,11-13,21H,9-10,14H2,1-2H3/t21-/m1/s1. The smallest absolute Gasteiger partial charge is 0.257 e. The Balaban J connectivity index is 1.45. The van der Waals surface area contributed by atoms with Crippen LogP contribution in [-0.4, -0.2) is 57.2 Å². The van der Waals surface area contributed by atoms with Crippen LogP contribution in [0.15, 0.2) is 59.3 Å². The average molecular weight is 419 g/mol. The molecule has 3 aromatic heterocycles. The lowest BCUT2D eigenvalue weighted by atomic mass is 10.0. The number of rotatable bonds is 3. The molecular weight excluding hydrogens is 397 g/mol. The lowest BCUT2D eigenvalue weighted by Crippen LogP contribution is -2.49. The first-order valence-electron chi connectivity index (χ1n) is 10.2. The molecule has 31 heavy (non-hydrogen) atoms. The summed E-state index contributed by atoms with van der Waals surface area (Å²) < 4.78 is 20.6. The van der Waals surface area contributed by atoms with Crippen LogP contribution in [0, 0.1) is 12.7 Å². The molecule has 1 amide bonds. The van der Waals surface area contributed by atoms with Crippen LogP contribution in [0.5, 0.6) is 0 Å². The van der Waals surface area contributed by atoms with Crippen LogP contribution < -0.4 is 0 Å². The molecule has 0 bridgehead atoms. The number of hydrogen-bond acceptors (Lipinski definition) is 5. The number of likely N-dealkylation sites (N-methyl/N-ethyl adjacent to an activating group) is 1. The Kier molecular flexibility index (Phi) is 4.78. The number of aryl methyl sites for hydroxylation is 1. The fraction of sp³-hybridized carbons (Fsp3) is 0.261. The van der Waals surface area contributed by atoms with Crippen LogP contribution in [0.4, 0.5) is 4.39 Å². The number of nitrogens with zero attached hydrogens (tertiary/aromatic N) is 5. The normalized spacial score (nSPS) is 17.4. The summed E-state index contributed by atoms with van der Waals surface area (Å²) in [5.74, 6) is 0.312. The fourth-order valence-corrected chi connectivity index (χ4v) is 4.12. The number of aromatic nitrogens is 3. The molecule has 0 unspecified atom stereocenters. The minimum absolute atomic E-state index is 0.0331. The SMILES string of the molecule is Cc1occc1C(=O)N1CCN(C)[C@@H](c2nnn3cc(-c4cccc(F)c4)ccc23)C1. The first-order valence-corrected chi connectivity index (χ1v) is 10.2. The van der Waals surface area contributed by atoms with Gasteiger partial charge in [0, 0.05) is 31.4 Å². The summed E-state index contributed by atoms with van der Waals surface area (Å²) >= 11 is 0. The molecule has 8 heteroatoms. The molecule has 1 fully saturated rings. The summed E-state index contributed by atoms with van der Waals surface area (Å²) in [6.45, 7) is 3.68. The van der Waals surface area contributed by atoms with Gasteiger partial charge in [-0.2, -0.15) is 0 Å². The molecule has 5 rings (SSSR count). The van der Waals surface area contributed by atoms with Crippen molar-refractivity contribution in [3.63, 3.8) is 0 Å². The van der Waals surface area contributed by atoms with Crippen LogP contribution >= 0.6 is 0 Å². The van der Waals surface area contributed by atoms with E-state index in [0.717, 1.165) is 28.9 Å². The van der Waals surface area contributed by atoms with Gasteiger partial charge in [0.25, 0.3) is 5.91 Å². The summed E-state index contributed by atoms with van der Waals surface area (Å²) in [5, 5.41) is 8.74.